The van der Waals surface area contributed by atoms with Crippen LogP contribution >= 0.6 is 11.8 Å². The first-order valence-electron chi connectivity index (χ1n) is 8.46. The van der Waals surface area contributed by atoms with Crippen molar-refractivity contribution in [2.75, 3.05) is 12.3 Å². The van der Waals surface area contributed by atoms with Gasteiger partial charge in [0.25, 0.3) is 0 Å². The van der Waals surface area contributed by atoms with Crippen molar-refractivity contribution < 1.29 is 9.59 Å². The second-order valence-electron chi connectivity index (χ2n) is 6.55. The molecule has 2 unspecified atom stereocenters. The third-order valence-corrected chi connectivity index (χ3v) is 6.39. The molecule has 3 rings (SSSR count). The van der Waals surface area contributed by atoms with E-state index in [-0.39, 0.29) is 23.9 Å². The van der Waals surface area contributed by atoms with Gasteiger partial charge in [-0.3, -0.25) is 14.5 Å². The van der Waals surface area contributed by atoms with Crippen LogP contribution in [0.1, 0.15) is 57.8 Å². The number of imide groups is 1. The predicted molar refractivity (Wildman–Crippen MR) is 85.2 cm³/mol. The molecule has 1 N–H and O–H groups in total. The summed E-state index contributed by atoms with van der Waals surface area (Å²) in [5, 5.41) is 3.98. The van der Waals surface area contributed by atoms with Crippen LogP contribution in [0.2, 0.25) is 0 Å². The van der Waals surface area contributed by atoms with E-state index in [0.717, 1.165) is 32.2 Å². The van der Waals surface area contributed by atoms with E-state index in [1.807, 2.05) is 11.8 Å². The van der Waals surface area contributed by atoms with Crippen LogP contribution in [-0.2, 0) is 9.59 Å². The Labute approximate surface area is 131 Å². The zero-order chi connectivity index (χ0) is 14.7. The smallest absolute Gasteiger partial charge is 0.247 e. The fraction of sp³-hybridized carbons (Fsp3) is 0.875. The van der Waals surface area contributed by atoms with Crippen LogP contribution in [0.15, 0.2) is 0 Å². The Kier molecular flexibility index (Phi) is 5.22. The topological polar surface area (TPSA) is 49.4 Å². The molecule has 2 saturated heterocycles. The van der Waals surface area contributed by atoms with E-state index in [1.165, 1.54) is 31.4 Å². The predicted octanol–water partition coefficient (Wildman–Crippen LogP) is 2.32. The molecule has 2 amide bonds. The molecule has 21 heavy (non-hydrogen) atoms. The highest BCUT2D eigenvalue weighted by Gasteiger charge is 2.42. The van der Waals surface area contributed by atoms with E-state index in [2.05, 4.69) is 5.32 Å². The van der Waals surface area contributed by atoms with Crippen molar-refractivity contribution in [1.29, 1.82) is 0 Å². The maximum absolute atomic E-state index is 12.6. The Morgan fingerprint density at radius 3 is 2.48 bits per heavy atom. The molecule has 2 heterocycles. The second-order valence-corrected chi connectivity index (χ2v) is 7.96. The molecule has 0 aromatic rings. The summed E-state index contributed by atoms with van der Waals surface area (Å²) in [6, 6.07) is -0.0953. The van der Waals surface area contributed by atoms with Crippen LogP contribution in [0.4, 0.5) is 0 Å². The maximum Gasteiger partial charge on any atom is 0.247 e. The zero-order valence-corrected chi connectivity index (χ0v) is 13.5. The van der Waals surface area contributed by atoms with Gasteiger partial charge in [0.2, 0.25) is 11.8 Å². The molecule has 3 fully saturated rings. The van der Waals surface area contributed by atoms with Gasteiger partial charge in [-0.1, -0.05) is 25.7 Å². The number of nitrogens with one attached hydrogen (secondary N) is 1. The minimum atomic E-state index is -0.262. The summed E-state index contributed by atoms with van der Waals surface area (Å²) in [7, 11) is 0. The lowest BCUT2D eigenvalue weighted by Gasteiger charge is -2.25. The third kappa shape index (κ3) is 3.62. The lowest BCUT2D eigenvalue weighted by molar-refractivity contribution is -0.141. The van der Waals surface area contributed by atoms with E-state index in [0.29, 0.717) is 11.7 Å². The molecule has 0 bridgehead atoms. The van der Waals surface area contributed by atoms with Gasteiger partial charge in [0.05, 0.1) is 12.5 Å². The SMILES string of the molecule is O=C1CC(NCC2CCCS2)C(=O)N1C1CCCCCC1. The molecule has 0 radical (unpaired) electrons. The molecule has 3 aliphatic rings. The molecule has 4 nitrogen and oxygen atoms in total. The molecule has 118 valence electrons. The number of carbonyl (C=O) groups is 2. The summed E-state index contributed by atoms with van der Waals surface area (Å²) < 4.78 is 0. The standard InChI is InChI=1S/C16H26N2O2S/c19-15-10-14(17-11-13-8-5-9-21-13)16(20)18(15)12-6-3-1-2-4-7-12/h12-14,17H,1-11H2. The van der Waals surface area contributed by atoms with Crippen molar-refractivity contribution in [3.8, 4) is 0 Å². The Bertz CT molecular complexity index is 388. The van der Waals surface area contributed by atoms with Crippen molar-refractivity contribution in [1.82, 2.24) is 10.2 Å². The van der Waals surface area contributed by atoms with Crippen molar-refractivity contribution in [3.63, 3.8) is 0 Å². The average Bonchev–Trinajstić information content (AvgIpc) is 2.98. The molecular formula is C16H26N2O2S. The van der Waals surface area contributed by atoms with Crippen LogP contribution in [0.25, 0.3) is 0 Å². The van der Waals surface area contributed by atoms with Crippen molar-refractivity contribution >= 4 is 23.6 Å². The van der Waals surface area contributed by atoms with Crippen LogP contribution in [0.3, 0.4) is 0 Å². The van der Waals surface area contributed by atoms with Gasteiger partial charge in [-0.05, 0) is 31.4 Å². The third-order valence-electron chi connectivity index (χ3n) is 4.99. The van der Waals surface area contributed by atoms with Gasteiger partial charge in [-0.25, -0.2) is 0 Å². The number of amides is 2. The molecule has 0 spiro atoms. The Morgan fingerprint density at radius 1 is 1.05 bits per heavy atom. The van der Waals surface area contributed by atoms with Gasteiger partial charge >= 0.3 is 0 Å². The summed E-state index contributed by atoms with van der Waals surface area (Å²) >= 11 is 1.99. The highest BCUT2D eigenvalue weighted by molar-refractivity contribution is 8.00. The summed E-state index contributed by atoms with van der Waals surface area (Å²) in [5.74, 6) is 1.32. The fourth-order valence-electron chi connectivity index (χ4n) is 3.79. The van der Waals surface area contributed by atoms with E-state index in [9.17, 15) is 9.59 Å². The summed E-state index contributed by atoms with van der Waals surface area (Å²) in [4.78, 5) is 26.4. The van der Waals surface area contributed by atoms with Crippen molar-refractivity contribution in [2.24, 2.45) is 0 Å². The minimum Gasteiger partial charge on any atom is -0.304 e. The molecule has 0 aromatic heterocycles. The van der Waals surface area contributed by atoms with Gasteiger partial charge in [-0.2, -0.15) is 11.8 Å². The Hall–Kier alpha value is -0.550. The molecule has 5 heteroatoms. The molecule has 1 saturated carbocycles. The molecule has 0 aromatic carbocycles. The van der Waals surface area contributed by atoms with Gasteiger partial charge < -0.3 is 5.32 Å². The molecular weight excluding hydrogens is 284 g/mol. The number of carbonyl (C=O) groups excluding carboxylic acids is 2. The van der Waals surface area contributed by atoms with Gasteiger partial charge in [-0.15, -0.1) is 0 Å². The summed E-state index contributed by atoms with van der Waals surface area (Å²) in [6.07, 6.45) is 9.68. The first kappa shape index (κ1) is 15.3. The first-order chi connectivity index (χ1) is 10.3. The van der Waals surface area contributed by atoms with Crippen LogP contribution < -0.4 is 5.32 Å². The quantitative estimate of drug-likeness (QED) is 0.639. The number of hydrogen-bond donors (Lipinski definition) is 1. The zero-order valence-electron chi connectivity index (χ0n) is 12.7. The fourth-order valence-corrected chi connectivity index (χ4v) is 5.00. The molecule has 2 atom stereocenters. The van der Waals surface area contributed by atoms with Crippen molar-refractivity contribution in [3.05, 3.63) is 0 Å². The molecule has 1 aliphatic carbocycles. The normalized spacial score (nSPS) is 31.9. The number of rotatable bonds is 4. The van der Waals surface area contributed by atoms with Crippen LogP contribution in [-0.4, -0.2) is 46.3 Å². The van der Waals surface area contributed by atoms with E-state index >= 15 is 0 Å². The van der Waals surface area contributed by atoms with E-state index in [4.69, 9.17) is 0 Å². The van der Waals surface area contributed by atoms with Crippen LogP contribution in [0.5, 0.6) is 0 Å². The number of thioether (sulfide) groups is 1. The summed E-state index contributed by atoms with van der Waals surface area (Å²) in [6.45, 7) is 0.868. The summed E-state index contributed by atoms with van der Waals surface area (Å²) in [5.41, 5.74) is 0. The largest absolute Gasteiger partial charge is 0.304 e. The maximum atomic E-state index is 12.6. The minimum absolute atomic E-state index is 0.0369. The highest BCUT2D eigenvalue weighted by atomic mass is 32.2. The van der Waals surface area contributed by atoms with Gasteiger partial charge in [0.15, 0.2) is 0 Å². The first-order valence-corrected chi connectivity index (χ1v) is 9.51. The number of nitrogens with zero attached hydrogens (tertiary/aromatic N) is 1. The number of hydrogen-bond acceptors (Lipinski definition) is 4. The van der Waals surface area contributed by atoms with E-state index < -0.39 is 0 Å². The Balaban J connectivity index is 1.55. The van der Waals surface area contributed by atoms with Gasteiger partial charge in [0.1, 0.15) is 0 Å². The number of likely N-dealkylation sites (tertiary alicyclic amines) is 1. The van der Waals surface area contributed by atoms with Gasteiger partial charge in [0, 0.05) is 17.8 Å². The van der Waals surface area contributed by atoms with Crippen LogP contribution in [0, 0.1) is 0 Å². The second kappa shape index (κ2) is 7.14. The average molecular weight is 310 g/mol. The lowest BCUT2D eigenvalue weighted by Crippen LogP contribution is -2.44. The lowest BCUT2D eigenvalue weighted by atomic mass is 10.1. The molecule has 2 aliphatic heterocycles. The Morgan fingerprint density at radius 2 is 1.81 bits per heavy atom. The van der Waals surface area contributed by atoms with Crippen molar-refractivity contribution in [2.45, 2.75) is 75.1 Å². The van der Waals surface area contributed by atoms with E-state index in [1.54, 1.807) is 4.90 Å². The highest BCUT2D eigenvalue weighted by Crippen LogP contribution is 2.28. The monoisotopic (exact) mass is 310 g/mol.